The predicted molar refractivity (Wildman–Crippen MR) is 97.4 cm³/mol. The second-order valence-electron chi connectivity index (χ2n) is 5.88. The first-order chi connectivity index (χ1) is 12.3. The highest BCUT2D eigenvalue weighted by Crippen LogP contribution is 2.27. The molecule has 1 aromatic carbocycles. The third-order valence-electron chi connectivity index (χ3n) is 4.27. The Hall–Kier alpha value is -2.31. The lowest BCUT2D eigenvalue weighted by Gasteiger charge is -2.29. The lowest BCUT2D eigenvalue weighted by atomic mass is 10.2. The summed E-state index contributed by atoms with van der Waals surface area (Å²) in [6, 6.07) is 10.1. The zero-order chi connectivity index (χ0) is 17.5. The zero-order valence-electron chi connectivity index (χ0n) is 14.8. The summed E-state index contributed by atoms with van der Waals surface area (Å²) in [6.45, 7) is 4.80. The van der Waals surface area contributed by atoms with Gasteiger partial charge in [-0.2, -0.15) is 0 Å². The Morgan fingerprint density at radius 1 is 1.08 bits per heavy atom. The van der Waals surface area contributed by atoms with Crippen LogP contribution in [0.2, 0.25) is 0 Å². The first-order valence-electron chi connectivity index (χ1n) is 8.50. The molecule has 1 fully saturated rings. The van der Waals surface area contributed by atoms with Gasteiger partial charge in [-0.25, -0.2) is 4.98 Å². The summed E-state index contributed by atoms with van der Waals surface area (Å²) >= 11 is 0. The van der Waals surface area contributed by atoms with E-state index < -0.39 is 0 Å². The van der Waals surface area contributed by atoms with Crippen LogP contribution in [-0.4, -0.2) is 45.5 Å². The Balaban J connectivity index is 1.62. The molecule has 1 N–H and O–H groups in total. The molecule has 2 heterocycles. The van der Waals surface area contributed by atoms with Crippen LogP contribution in [0.1, 0.15) is 11.1 Å². The van der Waals surface area contributed by atoms with E-state index >= 15 is 0 Å². The molecule has 1 aliphatic heterocycles. The summed E-state index contributed by atoms with van der Waals surface area (Å²) in [7, 11) is 3.30. The molecular formula is C19H25N3O3. The van der Waals surface area contributed by atoms with Crippen LogP contribution in [0.25, 0.3) is 0 Å². The Morgan fingerprint density at radius 2 is 1.88 bits per heavy atom. The summed E-state index contributed by atoms with van der Waals surface area (Å²) in [5.41, 5.74) is 2.35. The first kappa shape index (κ1) is 17.5. The van der Waals surface area contributed by atoms with E-state index in [-0.39, 0.29) is 0 Å². The second kappa shape index (κ2) is 8.69. The van der Waals surface area contributed by atoms with Crippen molar-refractivity contribution >= 4 is 5.82 Å². The van der Waals surface area contributed by atoms with Gasteiger partial charge in [-0.05, 0) is 23.8 Å². The minimum Gasteiger partial charge on any atom is -0.493 e. The number of morpholine rings is 1. The van der Waals surface area contributed by atoms with Crippen LogP contribution in [0.3, 0.4) is 0 Å². The van der Waals surface area contributed by atoms with Crippen molar-refractivity contribution in [1.82, 2.24) is 10.3 Å². The van der Waals surface area contributed by atoms with Gasteiger partial charge in [-0.3, -0.25) is 0 Å². The van der Waals surface area contributed by atoms with Crippen LogP contribution in [0, 0.1) is 0 Å². The maximum atomic E-state index is 5.43. The van der Waals surface area contributed by atoms with Gasteiger partial charge in [0.25, 0.3) is 0 Å². The van der Waals surface area contributed by atoms with E-state index in [2.05, 4.69) is 21.3 Å². The molecule has 1 saturated heterocycles. The topological polar surface area (TPSA) is 55.9 Å². The third-order valence-corrected chi connectivity index (χ3v) is 4.27. The molecule has 0 spiro atoms. The number of aromatic nitrogens is 1. The average molecular weight is 343 g/mol. The molecule has 6 heteroatoms. The number of anilines is 1. The SMILES string of the molecule is COc1ccc(CNCc2cccnc2N2CCOCC2)cc1OC. The molecule has 0 amide bonds. The monoisotopic (exact) mass is 343 g/mol. The van der Waals surface area contributed by atoms with Gasteiger partial charge in [0.2, 0.25) is 0 Å². The van der Waals surface area contributed by atoms with Crippen molar-refractivity contribution in [1.29, 1.82) is 0 Å². The Labute approximate surface area is 148 Å². The van der Waals surface area contributed by atoms with Gasteiger partial charge in [-0.15, -0.1) is 0 Å². The molecule has 3 rings (SSSR count). The summed E-state index contributed by atoms with van der Waals surface area (Å²) in [4.78, 5) is 6.86. The maximum Gasteiger partial charge on any atom is 0.161 e. The van der Waals surface area contributed by atoms with Crippen LogP contribution in [0.4, 0.5) is 5.82 Å². The van der Waals surface area contributed by atoms with Gasteiger partial charge in [0.1, 0.15) is 5.82 Å². The number of nitrogens with one attached hydrogen (secondary N) is 1. The van der Waals surface area contributed by atoms with Crippen molar-refractivity contribution in [3.8, 4) is 11.5 Å². The van der Waals surface area contributed by atoms with Crippen LogP contribution in [-0.2, 0) is 17.8 Å². The Bertz CT molecular complexity index is 687. The van der Waals surface area contributed by atoms with Crippen LogP contribution < -0.4 is 19.7 Å². The van der Waals surface area contributed by atoms with Crippen LogP contribution >= 0.6 is 0 Å². The van der Waals surface area contributed by atoms with Crippen molar-refractivity contribution in [2.45, 2.75) is 13.1 Å². The number of methoxy groups -OCH3 is 2. The number of rotatable bonds is 7. The lowest BCUT2D eigenvalue weighted by Crippen LogP contribution is -2.37. The number of nitrogens with zero attached hydrogens (tertiary/aromatic N) is 2. The molecule has 1 aliphatic rings. The summed E-state index contributed by atoms with van der Waals surface area (Å²) in [5, 5.41) is 3.49. The van der Waals surface area contributed by atoms with Crippen LogP contribution in [0.5, 0.6) is 11.5 Å². The Morgan fingerprint density at radius 3 is 2.64 bits per heavy atom. The molecule has 134 valence electrons. The fraction of sp³-hybridized carbons (Fsp3) is 0.421. The number of hydrogen-bond donors (Lipinski definition) is 1. The minimum atomic E-state index is 0.744. The van der Waals surface area contributed by atoms with E-state index in [0.29, 0.717) is 0 Å². The van der Waals surface area contributed by atoms with E-state index in [9.17, 15) is 0 Å². The van der Waals surface area contributed by atoms with Gasteiger partial charge in [0.05, 0.1) is 27.4 Å². The molecule has 2 aromatic rings. The minimum absolute atomic E-state index is 0.744. The molecule has 0 bridgehead atoms. The predicted octanol–water partition coefficient (Wildman–Crippen LogP) is 2.23. The van der Waals surface area contributed by atoms with Gasteiger partial charge in [-0.1, -0.05) is 12.1 Å². The molecular weight excluding hydrogens is 318 g/mol. The number of hydrogen-bond acceptors (Lipinski definition) is 6. The van der Waals surface area contributed by atoms with E-state index in [1.807, 2.05) is 30.5 Å². The maximum absolute atomic E-state index is 5.43. The lowest BCUT2D eigenvalue weighted by molar-refractivity contribution is 0.122. The molecule has 0 atom stereocenters. The fourth-order valence-electron chi connectivity index (χ4n) is 2.96. The van der Waals surface area contributed by atoms with Gasteiger partial charge in [0.15, 0.2) is 11.5 Å². The number of pyridine rings is 1. The van der Waals surface area contributed by atoms with Gasteiger partial charge < -0.3 is 24.4 Å². The van der Waals surface area contributed by atoms with Crippen molar-refractivity contribution in [3.63, 3.8) is 0 Å². The highest BCUT2D eigenvalue weighted by atomic mass is 16.5. The van der Waals surface area contributed by atoms with E-state index in [1.165, 1.54) is 5.56 Å². The van der Waals surface area contributed by atoms with Crippen molar-refractivity contribution < 1.29 is 14.2 Å². The van der Waals surface area contributed by atoms with E-state index in [0.717, 1.165) is 62.3 Å². The molecule has 1 aromatic heterocycles. The molecule has 25 heavy (non-hydrogen) atoms. The molecule has 0 unspecified atom stereocenters. The van der Waals surface area contributed by atoms with Gasteiger partial charge >= 0.3 is 0 Å². The summed E-state index contributed by atoms with van der Waals surface area (Å²) in [6.07, 6.45) is 1.85. The summed E-state index contributed by atoms with van der Waals surface area (Å²) in [5.74, 6) is 2.54. The fourth-order valence-corrected chi connectivity index (χ4v) is 2.96. The van der Waals surface area contributed by atoms with Crippen LogP contribution in [0.15, 0.2) is 36.5 Å². The van der Waals surface area contributed by atoms with Crippen molar-refractivity contribution in [2.75, 3.05) is 45.4 Å². The quantitative estimate of drug-likeness (QED) is 0.832. The number of benzene rings is 1. The molecule has 0 radical (unpaired) electrons. The molecule has 6 nitrogen and oxygen atoms in total. The van der Waals surface area contributed by atoms with Gasteiger partial charge in [0, 0.05) is 37.9 Å². The van der Waals surface area contributed by atoms with Crippen molar-refractivity contribution in [3.05, 3.63) is 47.7 Å². The summed E-state index contributed by atoms with van der Waals surface area (Å²) < 4.78 is 16.1. The smallest absolute Gasteiger partial charge is 0.161 e. The standard InChI is InChI=1S/C19H25N3O3/c1-23-17-6-5-15(12-18(17)24-2)13-20-14-16-4-3-7-21-19(16)22-8-10-25-11-9-22/h3-7,12,20H,8-11,13-14H2,1-2H3. The molecule has 0 saturated carbocycles. The highest BCUT2D eigenvalue weighted by Gasteiger charge is 2.15. The zero-order valence-corrected chi connectivity index (χ0v) is 14.8. The largest absolute Gasteiger partial charge is 0.493 e. The average Bonchev–Trinajstić information content (AvgIpc) is 2.69. The molecule has 0 aliphatic carbocycles. The van der Waals surface area contributed by atoms with E-state index in [1.54, 1.807) is 14.2 Å². The first-order valence-corrected chi connectivity index (χ1v) is 8.50. The normalized spacial score (nSPS) is 14.4. The number of ether oxygens (including phenoxy) is 3. The van der Waals surface area contributed by atoms with Crippen molar-refractivity contribution in [2.24, 2.45) is 0 Å². The van der Waals surface area contributed by atoms with E-state index in [4.69, 9.17) is 14.2 Å². The highest BCUT2D eigenvalue weighted by molar-refractivity contribution is 5.47. The third kappa shape index (κ3) is 4.41. The Kier molecular flexibility index (Phi) is 6.09. The second-order valence-corrected chi connectivity index (χ2v) is 5.88.